The highest BCUT2D eigenvalue weighted by atomic mass is 32.2. The number of rotatable bonds is 5. The van der Waals surface area contributed by atoms with Crippen molar-refractivity contribution in [3.8, 4) is 0 Å². The third kappa shape index (κ3) is 5.11. The molecular weight excluding hydrogens is 380 g/mol. The molecule has 2 aromatic rings. The number of thioether (sulfide) groups is 1. The van der Waals surface area contributed by atoms with E-state index in [0.717, 1.165) is 62.6 Å². The van der Waals surface area contributed by atoms with E-state index in [-0.39, 0.29) is 5.91 Å². The van der Waals surface area contributed by atoms with E-state index in [4.69, 9.17) is 0 Å². The zero-order valence-electron chi connectivity index (χ0n) is 17.2. The van der Waals surface area contributed by atoms with Gasteiger partial charge in [0.15, 0.2) is 0 Å². The summed E-state index contributed by atoms with van der Waals surface area (Å²) in [5, 5.41) is 3.11. The minimum absolute atomic E-state index is 0.0809. The van der Waals surface area contributed by atoms with Gasteiger partial charge in [0.2, 0.25) is 0 Å². The van der Waals surface area contributed by atoms with Gasteiger partial charge in [0.1, 0.15) is 5.82 Å². The Bertz CT molecular complexity index is 845. The summed E-state index contributed by atoms with van der Waals surface area (Å²) in [5.41, 5.74) is 3.94. The molecule has 154 valence electrons. The normalized spacial score (nSPS) is 17.9. The van der Waals surface area contributed by atoms with Crippen LogP contribution in [0.5, 0.6) is 0 Å². The van der Waals surface area contributed by atoms with E-state index in [1.54, 1.807) is 6.20 Å². The van der Waals surface area contributed by atoms with Gasteiger partial charge in [-0.25, -0.2) is 4.98 Å². The molecule has 29 heavy (non-hydrogen) atoms. The fourth-order valence-electron chi connectivity index (χ4n) is 4.10. The molecular formula is C23H30N4OS. The molecule has 1 N–H and O–H groups in total. The molecule has 2 aliphatic heterocycles. The van der Waals surface area contributed by atoms with Crippen LogP contribution < -0.4 is 10.2 Å². The largest absolute Gasteiger partial charge is 0.356 e. The summed E-state index contributed by atoms with van der Waals surface area (Å²) in [4.78, 5) is 22.3. The Morgan fingerprint density at radius 2 is 1.90 bits per heavy atom. The van der Waals surface area contributed by atoms with Crippen LogP contribution in [0.15, 0.2) is 36.5 Å². The van der Waals surface area contributed by atoms with Crippen LogP contribution in [0.25, 0.3) is 0 Å². The third-order valence-electron chi connectivity index (χ3n) is 5.74. The maximum atomic E-state index is 13.0. The number of anilines is 2. The lowest BCUT2D eigenvalue weighted by Crippen LogP contribution is -2.32. The summed E-state index contributed by atoms with van der Waals surface area (Å²) >= 11 is 2.03. The topological polar surface area (TPSA) is 48.5 Å². The zero-order valence-corrected chi connectivity index (χ0v) is 18.0. The zero-order chi connectivity index (χ0) is 20.1. The molecule has 3 heterocycles. The Morgan fingerprint density at radius 1 is 1.10 bits per heavy atom. The van der Waals surface area contributed by atoms with Gasteiger partial charge in [-0.15, -0.1) is 0 Å². The van der Waals surface area contributed by atoms with E-state index in [9.17, 15) is 4.79 Å². The average molecular weight is 411 g/mol. The van der Waals surface area contributed by atoms with Crippen LogP contribution in [0.1, 0.15) is 40.7 Å². The number of hydrogen-bond acceptors (Lipinski definition) is 5. The molecule has 0 spiro atoms. The summed E-state index contributed by atoms with van der Waals surface area (Å²) < 4.78 is 0. The van der Waals surface area contributed by atoms with Crippen LogP contribution in [0, 0.1) is 6.92 Å². The quantitative estimate of drug-likeness (QED) is 0.801. The molecule has 2 aliphatic rings. The predicted molar refractivity (Wildman–Crippen MR) is 122 cm³/mol. The van der Waals surface area contributed by atoms with Crippen LogP contribution in [-0.2, 0) is 6.54 Å². The molecule has 0 aliphatic carbocycles. The maximum Gasteiger partial charge on any atom is 0.259 e. The van der Waals surface area contributed by atoms with Gasteiger partial charge in [0.05, 0.1) is 5.56 Å². The minimum atomic E-state index is -0.0809. The molecule has 2 saturated heterocycles. The number of benzene rings is 1. The minimum Gasteiger partial charge on any atom is -0.356 e. The lowest BCUT2D eigenvalue weighted by atomic mass is 10.1. The molecule has 0 atom stereocenters. The van der Waals surface area contributed by atoms with Crippen molar-refractivity contribution in [1.29, 1.82) is 0 Å². The van der Waals surface area contributed by atoms with Crippen LogP contribution in [0.4, 0.5) is 11.5 Å². The number of carbonyl (C=O) groups is 1. The number of nitrogens with one attached hydrogen (secondary N) is 1. The van der Waals surface area contributed by atoms with Crippen molar-refractivity contribution in [2.45, 2.75) is 32.7 Å². The standard InChI is InChI=1S/C23H30N4OS/c1-18-16-19(17-26-12-14-29-15-13-26)7-8-21(18)25-23(28)20-6-5-9-24-22(20)27-10-3-2-4-11-27/h5-9,16H,2-4,10-15,17H2,1H3,(H,25,28). The van der Waals surface area contributed by atoms with Crippen LogP contribution in [0.2, 0.25) is 0 Å². The van der Waals surface area contributed by atoms with Crippen molar-refractivity contribution < 1.29 is 4.79 Å². The van der Waals surface area contributed by atoms with Crippen molar-refractivity contribution in [3.05, 3.63) is 53.2 Å². The Hall–Kier alpha value is -2.05. The first-order chi connectivity index (χ1) is 14.2. The first-order valence-electron chi connectivity index (χ1n) is 10.6. The van der Waals surface area contributed by atoms with Crippen molar-refractivity contribution in [2.75, 3.05) is 47.9 Å². The number of hydrogen-bond donors (Lipinski definition) is 1. The van der Waals surface area contributed by atoms with Gasteiger partial charge in [-0.05, 0) is 55.5 Å². The monoisotopic (exact) mass is 410 g/mol. The van der Waals surface area contributed by atoms with E-state index in [0.29, 0.717) is 5.56 Å². The average Bonchev–Trinajstić information content (AvgIpc) is 2.77. The van der Waals surface area contributed by atoms with Crippen molar-refractivity contribution >= 4 is 29.2 Å². The molecule has 1 aromatic carbocycles. The SMILES string of the molecule is Cc1cc(CN2CCSCC2)ccc1NC(=O)c1cccnc1N1CCCCC1. The van der Waals surface area contributed by atoms with Crippen LogP contribution in [0.3, 0.4) is 0 Å². The number of piperidine rings is 1. The van der Waals surface area contributed by atoms with Crippen molar-refractivity contribution in [2.24, 2.45) is 0 Å². The Balaban J connectivity index is 1.46. The molecule has 2 fully saturated rings. The highest BCUT2D eigenvalue weighted by molar-refractivity contribution is 7.99. The van der Waals surface area contributed by atoms with E-state index in [1.807, 2.05) is 30.0 Å². The number of carbonyl (C=O) groups excluding carboxylic acids is 1. The molecule has 6 heteroatoms. The highest BCUT2D eigenvalue weighted by Gasteiger charge is 2.20. The van der Waals surface area contributed by atoms with Crippen molar-refractivity contribution in [3.63, 3.8) is 0 Å². The summed E-state index contributed by atoms with van der Waals surface area (Å²) in [6, 6.07) is 10.1. The molecule has 4 rings (SSSR count). The predicted octanol–water partition coefficient (Wildman–Crippen LogP) is 4.18. The van der Waals surface area contributed by atoms with E-state index in [1.165, 1.54) is 23.5 Å². The van der Waals surface area contributed by atoms with Gasteiger partial charge < -0.3 is 10.2 Å². The molecule has 1 aromatic heterocycles. The summed E-state index contributed by atoms with van der Waals surface area (Å²) in [5.74, 6) is 3.17. The van der Waals surface area contributed by atoms with E-state index < -0.39 is 0 Å². The third-order valence-corrected chi connectivity index (χ3v) is 6.68. The first-order valence-corrected chi connectivity index (χ1v) is 11.8. The first kappa shape index (κ1) is 20.2. The summed E-state index contributed by atoms with van der Waals surface area (Å²) in [6.45, 7) is 7.31. The molecule has 5 nitrogen and oxygen atoms in total. The van der Waals surface area contributed by atoms with Crippen LogP contribution in [-0.4, -0.2) is 53.5 Å². The van der Waals surface area contributed by atoms with Gasteiger partial charge in [-0.3, -0.25) is 9.69 Å². The highest BCUT2D eigenvalue weighted by Crippen LogP contribution is 2.24. The lowest BCUT2D eigenvalue weighted by Gasteiger charge is -2.29. The maximum absolute atomic E-state index is 13.0. The fourth-order valence-corrected chi connectivity index (χ4v) is 5.08. The summed E-state index contributed by atoms with van der Waals surface area (Å²) in [7, 11) is 0. The van der Waals surface area contributed by atoms with E-state index in [2.05, 4.69) is 39.2 Å². The van der Waals surface area contributed by atoms with Gasteiger partial charge in [0, 0.05) is 56.1 Å². The molecule has 0 bridgehead atoms. The summed E-state index contributed by atoms with van der Waals surface area (Å²) in [6.07, 6.45) is 5.36. The number of nitrogens with zero attached hydrogens (tertiary/aromatic N) is 3. The lowest BCUT2D eigenvalue weighted by molar-refractivity contribution is 0.102. The fraction of sp³-hybridized carbons (Fsp3) is 0.478. The second-order valence-electron chi connectivity index (χ2n) is 7.91. The second-order valence-corrected chi connectivity index (χ2v) is 9.14. The number of aromatic nitrogens is 1. The molecule has 1 amide bonds. The Kier molecular flexibility index (Phi) is 6.72. The van der Waals surface area contributed by atoms with Gasteiger partial charge in [-0.1, -0.05) is 12.1 Å². The number of aryl methyl sites for hydroxylation is 1. The molecule has 0 radical (unpaired) electrons. The Labute approximate surface area is 177 Å². The van der Waals surface area contributed by atoms with Crippen LogP contribution >= 0.6 is 11.8 Å². The number of amides is 1. The Morgan fingerprint density at radius 3 is 2.66 bits per heavy atom. The van der Waals surface area contributed by atoms with Crippen molar-refractivity contribution in [1.82, 2.24) is 9.88 Å². The van der Waals surface area contributed by atoms with Gasteiger partial charge in [-0.2, -0.15) is 11.8 Å². The second kappa shape index (κ2) is 9.63. The van der Waals surface area contributed by atoms with Gasteiger partial charge >= 0.3 is 0 Å². The van der Waals surface area contributed by atoms with E-state index >= 15 is 0 Å². The van der Waals surface area contributed by atoms with Gasteiger partial charge in [0.25, 0.3) is 5.91 Å². The number of pyridine rings is 1. The molecule has 0 unspecified atom stereocenters. The smallest absolute Gasteiger partial charge is 0.259 e. The molecule has 0 saturated carbocycles.